The standard InChI is InChI=1S/C28H43N/c1-3-5-7-9-24-10-14-25(15-11-24)26-18-20-28(22-29,21-19-26)27-16-12-23(13-17-27)8-6-4-2/h12-13,16-17,24-26H,3-11,14-15,18-21H2,1-2H3. The lowest BCUT2D eigenvalue weighted by Crippen LogP contribution is -2.33. The van der Waals surface area contributed by atoms with Gasteiger partial charge in [0.2, 0.25) is 0 Å². The van der Waals surface area contributed by atoms with Crippen LogP contribution in [-0.2, 0) is 11.8 Å². The molecule has 0 radical (unpaired) electrons. The molecule has 0 spiro atoms. The molecule has 0 atom stereocenters. The first kappa shape index (κ1) is 22.4. The number of benzene rings is 1. The van der Waals surface area contributed by atoms with E-state index in [4.69, 9.17) is 0 Å². The number of hydrogen-bond acceptors (Lipinski definition) is 1. The molecule has 2 aliphatic carbocycles. The van der Waals surface area contributed by atoms with Gasteiger partial charge in [-0.3, -0.25) is 0 Å². The van der Waals surface area contributed by atoms with Gasteiger partial charge < -0.3 is 0 Å². The summed E-state index contributed by atoms with van der Waals surface area (Å²) < 4.78 is 0. The van der Waals surface area contributed by atoms with E-state index < -0.39 is 0 Å². The fourth-order valence-corrected chi connectivity index (χ4v) is 6.07. The van der Waals surface area contributed by atoms with Crippen molar-refractivity contribution in [3.8, 4) is 6.07 Å². The SMILES string of the molecule is CCCCCC1CCC(C2CCC(C#N)(c3ccc(CCCC)cc3)CC2)CC1. The molecule has 0 unspecified atom stereocenters. The van der Waals surface area contributed by atoms with Crippen molar-refractivity contribution in [2.45, 2.75) is 116 Å². The molecule has 160 valence electrons. The third kappa shape index (κ3) is 5.87. The Balaban J connectivity index is 1.50. The minimum Gasteiger partial charge on any atom is -0.197 e. The molecule has 0 saturated heterocycles. The van der Waals surface area contributed by atoms with Crippen molar-refractivity contribution in [2.75, 3.05) is 0 Å². The molecule has 0 N–H and O–H groups in total. The summed E-state index contributed by atoms with van der Waals surface area (Å²) in [6, 6.07) is 11.8. The van der Waals surface area contributed by atoms with Crippen LogP contribution >= 0.6 is 0 Å². The lowest BCUT2D eigenvalue weighted by atomic mass is 9.62. The van der Waals surface area contributed by atoms with Crippen LogP contribution in [0.3, 0.4) is 0 Å². The molecule has 1 heteroatoms. The van der Waals surface area contributed by atoms with Crippen molar-refractivity contribution in [1.82, 2.24) is 0 Å². The van der Waals surface area contributed by atoms with Crippen LogP contribution in [0.15, 0.2) is 24.3 Å². The van der Waals surface area contributed by atoms with E-state index >= 15 is 0 Å². The molecule has 0 aromatic heterocycles. The van der Waals surface area contributed by atoms with Crippen molar-refractivity contribution in [2.24, 2.45) is 17.8 Å². The second-order valence-electron chi connectivity index (χ2n) is 10.1. The van der Waals surface area contributed by atoms with E-state index in [-0.39, 0.29) is 5.41 Å². The molecule has 1 nitrogen and oxygen atoms in total. The van der Waals surface area contributed by atoms with Crippen molar-refractivity contribution < 1.29 is 0 Å². The van der Waals surface area contributed by atoms with Crippen LogP contribution in [0.5, 0.6) is 0 Å². The first-order valence-corrected chi connectivity index (χ1v) is 12.7. The Morgan fingerprint density at radius 1 is 0.828 bits per heavy atom. The van der Waals surface area contributed by atoms with Crippen molar-refractivity contribution in [3.05, 3.63) is 35.4 Å². The minimum absolute atomic E-state index is 0.225. The topological polar surface area (TPSA) is 23.8 Å². The summed E-state index contributed by atoms with van der Waals surface area (Å²) in [5.74, 6) is 2.81. The zero-order valence-electron chi connectivity index (χ0n) is 19.1. The van der Waals surface area contributed by atoms with E-state index in [2.05, 4.69) is 44.2 Å². The molecular formula is C28H43N. The third-order valence-electron chi connectivity index (χ3n) is 8.20. The highest BCUT2D eigenvalue weighted by Gasteiger charge is 2.39. The van der Waals surface area contributed by atoms with Crippen molar-refractivity contribution in [3.63, 3.8) is 0 Å². The molecule has 3 rings (SSSR count). The van der Waals surface area contributed by atoms with Crippen LogP contribution in [0.1, 0.15) is 115 Å². The summed E-state index contributed by atoms with van der Waals surface area (Å²) >= 11 is 0. The molecular weight excluding hydrogens is 350 g/mol. The van der Waals surface area contributed by atoms with Gasteiger partial charge in [-0.1, -0.05) is 83.1 Å². The van der Waals surface area contributed by atoms with E-state index in [0.717, 1.165) is 30.6 Å². The molecule has 1 aromatic rings. The summed E-state index contributed by atoms with van der Waals surface area (Å²) in [5.41, 5.74) is 2.48. The van der Waals surface area contributed by atoms with E-state index in [1.807, 2.05) is 0 Å². The Bertz CT molecular complexity index is 621. The predicted molar refractivity (Wildman–Crippen MR) is 124 cm³/mol. The van der Waals surface area contributed by atoms with E-state index in [1.165, 1.54) is 94.6 Å². The molecule has 0 aliphatic heterocycles. The van der Waals surface area contributed by atoms with Crippen molar-refractivity contribution in [1.29, 1.82) is 5.26 Å². The normalized spacial score (nSPS) is 30.0. The van der Waals surface area contributed by atoms with E-state index in [1.54, 1.807) is 0 Å². The second kappa shape index (κ2) is 11.2. The maximum Gasteiger partial charge on any atom is 0.0822 e. The second-order valence-corrected chi connectivity index (χ2v) is 10.1. The highest BCUT2D eigenvalue weighted by atomic mass is 14.5. The zero-order chi connectivity index (χ0) is 20.5. The fraction of sp³-hybridized carbons (Fsp3) is 0.750. The lowest BCUT2D eigenvalue weighted by molar-refractivity contribution is 0.143. The van der Waals surface area contributed by atoms with Gasteiger partial charge in [0.1, 0.15) is 0 Å². The number of unbranched alkanes of at least 4 members (excludes halogenated alkanes) is 3. The van der Waals surface area contributed by atoms with Gasteiger partial charge in [0.15, 0.2) is 0 Å². The Kier molecular flexibility index (Phi) is 8.65. The van der Waals surface area contributed by atoms with Crippen LogP contribution < -0.4 is 0 Å². The quantitative estimate of drug-likeness (QED) is 0.386. The van der Waals surface area contributed by atoms with Gasteiger partial charge in [-0.2, -0.15) is 5.26 Å². The van der Waals surface area contributed by atoms with Crippen LogP contribution in [-0.4, -0.2) is 0 Å². The largest absolute Gasteiger partial charge is 0.197 e. The first-order valence-electron chi connectivity index (χ1n) is 12.7. The molecule has 1 aromatic carbocycles. The molecule has 0 amide bonds. The number of aryl methyl sites for hydroxylation is 1. The minimum atomic E-state index is -0.225. The third-order valence-corrected chi connectivity index (χ3v) is 8.20. The van der Waals surface area contributed by atoms with Gasteiger partial charge in [0.25, 0.3) is 0 Å². The maximum atomic E-state index is 10.1. The summed E-state index contributed by atoms with van der Waals surface area (Å²) in [6.07, 6.45) is 19.8. The first-order chi connectivity index (χ1) is 14.2. The van der Waals surface area contributed by atoms with Crippen LogP contribution in [0.4, 0.5) is 0 Å². The predicted octanol–water partition coefficient (Wildman–Crippen LogP) is 8.37. The maximum absolute atomic E-state index is 10.1. The lowest BCUT2D eigenvalue weighted by Gasteiger charge is -2.41. The van der Waals surface area contributed by atoms with E-state index in [9.17, 15) is 5.26 Å². The van der Waals surface area contributed by atoms with Crippen LogP contribution in [0.2, 0.25) is 0 Å². The van der Waals surface area contributed by atoms with Gasteiger partial charge in [-0.25, -0.2) is 0 Å². The van der Waals surface area contributed by atoms with E-state index in [0.29, 0.717) is 0 Å². The summed E-state index contributed by atoms with van der Waals surface area (Å²) in [5, 5.41) is 10.1. The highest BCUT2D eigenvalue weighted by Crippen LogP contribution is 2.47. The number of nitriles is 1. The van der Waals surface area contributed by atoms with Crippen LogP contribution in [0, 0.1) is 29.1 Å². The monoisotopic (exact) mass is 393 g/mol. The molecule has 2 aliphatic rings. The average Bonchev–Trinajstić information content (AvgIpc) is 2.79. The molecule has 0 heterocycles. The number of rotatable bonds is 9. The Morgan fingerprint density at radius 3 is 2.03 bits per heavy atom. The van der Waals surface area contributed by atoms with Gasteiger partial charge in [-0.05, 0) is 80.2 Å². The zero-order valence-corrected chi connectivity index (χ0v) is 19.1. The van der Waals surface area contributed by atoms with Gasteiger partial charge in [0, 0.05) is 0 Å². The Hall–Kier alpha value is -1.29. The number of hydrogen-bond donors (Lipinski definition) is 0. The molecule has 0 bridgehead atoms. The van der Waals surface area contributed by atoms with Gasteiger partial charge in [-0.15, -0.1) is 0 Å². The Labute approximate surface area is 180 Å². The number of nitrogens with zero attached hydrogens (tertiary/aromatic N) is 1. The van der Waals surface area contributed by atoms with Gasteiger partial charge >= 0.3 is 0 Å². The van der Waals surface area contributed by atoms with Crippen LogP contribution in [0.25, 0.3) is 0 Å². The average molecular weight is 394 g/mol. The van der Waals surface area contributed by atoms with Crippen molar-refractivity contribution >= 4 is 0 Å². The molecule has 2 fully saturated rings. The summed E-state index contributed by atoms with van der Waals surface area (Å²) in [7, 11) is 0. The summed E-state index contributed by atoms with van der Waals surface area (Å²) in [6.45, 7) is 4.55. The summed E-state index contributed by atoms with van der Waals surface area (Å²) in [4.78, 5) is 0. The fourth-order valence-electron chi connectivity index (χ4n) is 6.07. The molecule has 29 heavy (non-hydrogen) atoms. The highest BCUT2D eigenvalue weighted by molar-refractivity contribution is 5.35. The molecule has 2 saturated carbocycles. The van der Waals surface area contributed by atoms with Gasteiger partial charge in [0.05, 0.1) is 11.5 Å². The Morgan fingerprint density at radius 2 is 1.45 bits per heavy atom. The smallest absolute Gasteiger partial charge is 0.0822 e.